The molecule has 0 unspecified atom stereocenters. The number of sulfone groups is 1. The molecule has 0 amide bonds. The zero-order chi connectivity index (χ0) is 16.4. The summed E-state index contributed by atoms with van der Waals surface area (Å²) in [6.45, 7) is -0.291. The molecule has 0 aliphatic rings. The van der Waals surface area contributed by atoms with Gasteiger partial charge in [-0.15, -0.1) is 0 Å². The van der Waals surface area contributed by atoms with Crippen molar-refractivity contribution in [2.24, 2.45) is 0 Å². The maximum atomic E-state index is 13.2. The Hall–Kier alpha value is -1.52. The van der Waals surface area contributed by atoms with Gasteiger partial charge in [0.1, 0.15) is 15.7 Å². The highest BCUT2D eigenvalue weighted by Crippen LogP contribution is 2.18. The van der Waals surface area contributed by atoms with Crippen LogP contribution in [0.4, 0.5) is 4.39 Å². The fraction of sp³-hybridized carbons (Fsp3) is 0.364. The summed E-state index contributed by atoms with van der Waals surface area (Å²) in [6.07, 6.45) is 0.966. The van der Waals surface area contributed by atoms with E-state index < -0.39 is 42.1 Å². The second-order valence-corrected chi connectivity index (χ2v) is 8.71. The number of hydrogen-bond acceptors (Lipinski definition) is 5. The Kier molecular flexibility index (Phi) is 5.07. The first kappa shape index (κ1) is 17.5. The van der Waals surface area contributed by atoms with Gasteiger partial charge in [0, 0.05) is 19.8 Å². The summed E-state index contributed by atoms with van der Waals surface area (Å²) >= 11 is 0. The van der Waals surface area contributed by atoms with Crippen LogP contribution < -0.4 is 0 Å². The molecule has 0 saturated heterocycles. The van der Waals surface area contributed by atoms with Crippen LogP contribution in [0.3, 0.4) is 0 Å². The minimum atomic E-state index is -4.10. The molecule has 10 heteroatoms. The molecule has 1 N–H and O–H groups in total. The fourth-order valence-corrected chi connectivity index (χ4v) is 3.34. The molecule has 1 aromatic carbocycles. The number of carboxylic acid groups (broad SMARTS) is 1. The highest BCUT2D eigenvalue weighted by atomic mass is 32.2. The molecule has 118 valence electrons. The van der Waals surface area contributed by atoms with Gasteiger partial charge in [-0.05, 0) is 18.2 Å². The molecule has 0 aliphatic heterocycles. The normalized spacial score (nSPS) is 12.6. The summed E-state index contributed by atoms with van der Waals surface area (Å²) in [5.74, 6) is -3.03. The van der Waals surface area contributed by atoms with Gasteiger partial charge in [-0.2, -0.15) is 4.31 Å². The van der Waals surface area contributed by atoms with Crippen molar-refractivity contribution >= 4 is 25.8 Å². The summed E-state index contributed by atoms with van der Waals surface area (Å²) in [6, 6.07) is 2.36. The minimum Gasteiger partial charge on any atom is -0.478 e. The molecule has 0 radical (unpaired) electrons. The predicted molar refractivity (Wildman–Crippen MR) is 72.9 cm³/mol. The third-order valence-electron chi connectivity index (χ3n) is 2.65. The van der Waals surface area contributed by atoms with Crippen molar-refractivity contribution in [2.75, 3.05) is 25.6 Å². The van der Waals surface area contributed by atoms with E-state index in [1.165, 1.54) is 0 Å². The van der Waals surface area contributed by atoms with Crippen molar-refractivity contribution in [3.05, 3.63) is 29.6 Å². The summed E-state index contributed by atoms with van der Waals surface area (Å²) < 4.78 is 60.4. The van der Waals surface area contributed by atoms with Gasteiger partial charge in [0.15, 0.2) is 0 Å². The molecule has 0 heterocycles. The Balaban J connectivity index is 3.13. The SMILES string of the molecule is CN(CCS(C)(=O)=O)S(=O)(=O)c1ccc(F)c(C(=O)O)c1. The second kappa shape index (κ2) is 6.08. The van der Waals surface area contributed by atoms with Gasteiger partial charge in [0.2, 0.25) is 10.0 Å². The standard InChI is InChI=1S/C11H14FNO6S2/c1-13(5-6-20(2,16)17)21(18,19)8-3-4-10(12)9(7-8)11(14)15/h3-4,7H,5-6H2,1-2H3,(H,14,15). The number of sulfonamides is 1. The number of halogens is 1. The van der Waals surface area contributed by atoms with E-state index in [1.807, 2.05) is 0 Å². The van der Waals surface area contributed by atoms with Crippen molar-refractivity contribution in [3.8, 4) is 0 Å². The van der Waals surface area contributed by atoms with Crippen molar-refractivity contribution in [1.29, 1.82) is 0 Å². The molecule has 0 atom stereocenters. The van der Waals surface area contributed by atoms with Crippen LogP contribution in [-0.4, -0.2) is 57.8 Å². The Bertz CT molecular complexity index is 757. The third-order valence-corrected chi connectivity index (χ3v) is 5.43. The summed E-state index contributed by atoms with van der Waals surface area (Å²) in [5.41, 5.74) is -0.771. The molecule has 0 aliphatic carbocycles. The van der Waals surface area contributed by atoms with E-state index in [1.54, 1.807) is 0 Å². The quantitative estimate of drug-likeness (QED) is 0.792. The summed E-state index contributed by atoms with van der Waals surface area (Å²) in [5, 5.41) is 8.78. The Morgan fingerprint density at radius 3 is 2.33 bits per heavy atom. The first-order chi connectivity index (χ1) is 9.45. The summed E-state index contributed by atoms with van der Waals surface area (Å²) in [4.78, 5) is 10.4. The van der Waals surface area contributed by atoms with Crippen molar-refractivity contribution in [2.45, 2.75) is 4.90 Å². The minimum absolute atomic E-state index is 0.291. The Labute approximate surface area is 122 Å². The molecule has 7 nitrogen and oxygen atoms in total. The lowest BCUT2D eigenvalue weighted by Gasteiger charge is -2.17. The van der Waals surface area contributed by atoms with Crippen LogP contribution in [-0.2, 0) is 19.9 Å². The number of aromatic carboxylic acids is 1. The fourth-order valence-electron chi connectivity index (χ4n) is 1.42. The Morgan fingerprint density at radius 1 is 1.29 bits per heavy atom. The molecule has 1 aromatic rings. The highest BCUT2D eigenvalue weighted by Gasteiger charge is 2.24. The van der Waals surface area contributed by atoms with Gasteiger partial charge in [-0.1, -0.05) is 0 Å². The zero-order valence-corrected chi connectivity index (χ0v) is 12.9. The van der Waals surface area contributed by atoms with Gasteiger partial charge in [-0.3, -0.25) is 0 Å². The molecular weight excluding hydrogens is 325 g/mol. The van der Waals surface area contributed by atoms with Crippen molar-refractivity contribution < 1.29 is 31.1 Å². The van der Waals surface area contributed by atoms with Crippen LogP contribution in [0.2, 0.25) is 0 Å². The molecule has 0 aromatic heterocycles. The molecular formula is C11H14FNO6S2. The van der Waals surface area contributed by atoms with Crippen LogP contribution in [0.25, 0.3) is 0 Å². The van der Waals surface area contributed by atoms with E-state index >= 15 is 0 Å². The van der Waals surface area contributed by atoms with Crippen LogP contribution in [0.5, 0.6) is 0 Å². The monoisotopic (exact) mass is 339 g/mol. The zero-order valence-electron chi connectivity index (χ0n) is 11.3. The topological polar surface area (TPSA) is 109 Å². The van der Waals surface area contributed by atoms with E-state index in [4.69, 9.17) is 5.11 Å². The van der Waals surface area contributed by atoms with Gasteiger partial charge in [-0.25, -0.2) is 26.0 Å². The van der Waals surface area contributed by atoms with E-state index in [2.05, 4.69) is 0 Å². The second-order valence-electron chi connectivity index (χ2n) is 4.40. The van der Waals surface area contributed by atoms with Crippen LogP contribution in [0.1, 0.15) is 10.4 Å². The van der Waals surface area contributed by atoms with E-state index in [-0.39, 0.29) is 12.3 Å². The largest absolute Gasteiger partial charge is 0.478 e. The molecule has 0 bridgehead atoms. The molecule has 0 spiro atoms. The molecule has 0 saturated carbocycles. The number of carboxylic acids is 1. The number of carbonyl (C=O) groups is 1. The molecule has 1 rings (SSSR count). The first-order valence-corrected chi connectivity index (χ1v) is 9.12. The lowest BCUT2D eigenvalue weighted by atomic mass is 10.2. The molecule has 21 heavy (non-hydrogen) atoms. The van der Waals surface area contributed by atoms with E-state index in [0.717, 1.165) is 29.7 Å². The average molecular weight is 339 g/mol. The van der Waals surface area contributed by atoms with Crippen LogP contribution in [0.15, 0.2) is 23.1 Å². The highest BCUT2D eigenvalue weighted by molar-refractivity contribution is 7.91. The predicted octanol–water partition coefficient (Wildman–Crippen LogP) is 0.189. The lowest BCUT2D eigenvalue weighted by molar-refractivity contribution is 0.0691. The smallest absolute Gasteiger partial charge is 0.338 e. The van der Waals surface area contributed by atoms with Crippen molar-refractivity contribution in [1.82, 2.24) is 4.31 Å². The van der Waals surface area contributed by atoms with E-state index in [9.17, 15) is 26.0 Å². The van der Waals surface area contributed by atoms with E-state index in [0.29, 0.717) is 6.07 Å². The van der Waals surface area contributed by atoms with Gasteiger partial charge in [0.25, 0.3) is 0 Å². The van der Waals surface area contributed by atoms with Crippen molar-refractivity contribution in [3.63, 3.8) is 0 Å². The summed E-state index contributed by atoms with van der Waals surface area (Å²) in [7, 11) is -6.29. The number of benzene rings is 1. The maximum absolute atomic E-state index is 13.2. The number of rotatable bonds is 6. The number of hydrogen-bond donors (Lipinski definition) is 1. The third kappa shape index (κ3) is 4.48. The van der Waals surface area contributed by atoms with Crippen LogP contribution in [0, 0.1) is 5.82 Å². The van der Waals surface area contributed by atoms with Crippen LogP contribution >= 0.6 is 0 Å². The van der Waals surface area contributed by atoms with Gasteiger partial charge < -0.3 is 5.11 Å². The average Bonchev–Trinajstić information content (AvgIpc) is 2.34. The maximum Gasteiger partial charge on any atom is 0.338 e. The van der Waals surface area contributed by atoms with Gasteiger partial charge >= 0.3 is 5.97 Å². The first-order valence-electron chi connectivity index (χ1n) is 5.62. The number of nitrogens with zero attached hydrogens (tertiary/aromatic N) is 1. The molecule has 0 fully saturated rings. The Morgan fingerprint density at radius 2 is 1.86 bits per heavy atom. The van der Waals surface area contributed by atoms with Gasteiger partial charge in [0.05, 0.1) is 16.2 Å². The lowest BCUT2D eigenvalue weighted by Crippen LogP contribution is -2.31.